The number of likely N-dealkylation sites (N-methyl/N-ethyl adjacent to an activating group) is 2. The molecule has 6 heteroatoms. The summed E-state index contributed by atoms with van der Waals surface area (Å²) >= 11 is 0. The van der Waals surface area contributed by atoms with Gasteiger partial charge in [-0.05, 0) is 19.9 Å². The molecule has 1 aliphatic rings. The summed E-state index contributed by atoms with van der Waals surface area (Å²) in [6, 6.07) is 1.20. The second-order valence-electron chi connectivity index (χ2n) is 4.23. The molecule has 1 aromatic heterocycles. The largest absolute Gasteiger partial charge is 0.478 e. The molecule has 0 aromatic carbocycles. The molecule has 18 heavy (non-hydrogen) atoms. The standard InChI is InChI=1S/C12H15N3O3/c1-4-15-7(2)11(16)14(3)9-5-8(12(17)18)6-13-10(9)15/h5-7H,4H2,1-3H3,(H,17,18)/t7-/m0/s1. The maximum atomic E-state index is 12.0. The van der Waals surface area contributed by atoms with Crippen molar-refractivity contribution in [1.29, 1.82) is 0 Å². The van der Waals surface area contributed by atoms with Gasteiger partial charge in [0.25, 0.3) is 0 Å². The van der Waals surface area contributed by atoms with Gasteiger partial charge in [-0.15, -0.1) is 0 Å². The van der Waals surface area contributed by atoms with Crippen LogP contribution in [0.5, 0.6) is 0 Å². The van der Waals surface area contributed by atoms with Crippen molar-refractivity contribution in [2.45, 2.75) is 19.9 Å². The van der Waals surface area contributed by atoms with Crippen LogP contribution in [0.3, 0.4) is 0 Å². The van der Waals surface area contributed by atoms with Crippen LogP contribution in [0.1, 0.15) is 24.2 Å². The molecule has 2 heterocycles. The van der Waals surface area contributed by atoms with Gasteiger partial charge in [0.05, 0.1) is 11.3 Å². The molecule has 0 saturated carbocycles. The van der Waals surface area contributed by atoms with Gasteiger partial charge >= 0.3 is 5.97 Å². The summed E-state index contributed by atoms with van der Waals surface area (Å²) in [5, 5.41) is 8.96. The van der Waals surface area contributed by atoms with E-state index in [1.54, 1.807) is 7.05 Å². The van der Waals surface area contributed by atoms with E-state index in [9.17, 15) is 9.59 Å². The van der Waals surface area contributed by atoms with Gasteiger partial charge in [0.2, 0.25) is 5.91 Å². The molecule has 1 atom stereocenters. The van der Waals surface area contributed by atoms with Gasteiger partial charge in [0.15, 0.2) is 5.82 Å². The van der Waals surface area contributed by atoms with E-state index in [2.05, 4.69) is 4.98 Å². The predicted molar refractivity (Wildman–Crippen MR) is 67.1 cm³/mol. The summed E-state index contributed by atoms with van der Waals surface area (Å²) in [5.41, 5.74) is 0.624. The van der Waals surface area contributed by atoms with Gasteiger partial charge < -0.3 is 14.9 Å². The number of aromatic nitrogens is 1. The van der Waals surface area contributed by atoms with Crippen LogP contribution < -0.4 is 9.80 Å². The fraction of sp³-hybridized carbons (Fsp3) is 0.417. The lowest BCUT2D eigenvalue weighted by Gasteiger charge is -2.38. The van der Waals surface area contributed by atoms with Crippen molar-refractivity contribution in [2.24, 2.45) is 0 Å². The zero-order valence-electron chi connectivity index (χ0n) is 10.5. The molecule has 0 aliphatic carbocycles. The Balaban J connectivity index is 2.58. The van der Waals surface area contributed by atoms with Crippen LogP contribution in [0, 0.1) is 0 Å². The number of carbonyl (C=O) groups excluding carboxylic acids is 1. The van der Waals surface area contributed by atoms with E-state index in [1.165, 1.54) is 17.2 Å². The minimum absolute atomic E-state index is 0.0614. The highest BCUT2D eigenvalue weighted by atomic mass is 16.4. The topological polar surface area (TPSA) is 73.7 Å². The maximum Gasteiger partial charge on any atom is 0.337 e. The molecule has 0 fully saturated rings. The summed E-state index contributed by atoms with van der Waals surface area (Å²) in [6.45, 7) is 4.40. The first-order valence-electron chi connectivity index (χ1n) is 5.75. The lowest BCUT2D eigenvalue weighted by Crippen LogP contribution is -2.51. The molecule has 2 rings (SSSR count). The molecule has 1 N–H and O–H groups in total. The number of anilines is 2. The maximum absolute atomic E-state index is 12.0. The number of fused-ring (bicyclic) bond motifs is 1. The Bertz CT molecular complexity index is 515. The lowest BCUT2D eigenvalue weighted by atomic mass is 10.1. The van der Waals surface area contributed by atoms with Crippen LogP contribution in [0.2, 0.25) is 0 Å². The first-order chi connectivity index (χ1) is 8.47. The van der Waals surface area contributed by atoms with E-state index in [4.69, 9.17) is 5.11 Å². The van der Waals surface area contributed by atoms with Crippen LogP contribution in [-0.4, -0.2) is 41.6 Å². The van der Waals surface area contributed by atoms with Crippen molar-refractivity contribution in [2.75, 3.05) is 23.4 Å². The Kier molecular flexibility index (Phi) is 2.94. The number of amides is 1. The Morgan fingerprint density at radius 1 is 1.56 bits per heavy atom. The average Bonchev–Trinajstić information content (AvgIpc) is 2.36. The van der Waals surface area contributed by atoms with Crippen LogP contribution in [0.15, 0.2) is 12.3 Å². The van der Waals surface area contributed by atoms with E-state index in [0.717, 1.165) is 0 Å². The zero-order chi connectivity index (χ0) is 13.4. The summed E-state index contributed by atoms with van der Waals surface area (Å²) in [5.74, 6) is -0.460. The first-order valence-corrected chi connectivity index (χ1v) is 5.75. The first kappa shape index (κ1) is 12.3. The second-order valence-corrected chi connectivity index (χ2v) is 4.23. The number of nitrogens with zero attached hydrogens (tertiary/aromatic N) is 3. The number of rotatable bonds is 2. The predicted octanol–water partition coefficient (Wildman–Crippen LogP) is 0.971. The third kappa shape index (κ3) is 1.70. The number of hydrogen-bond acceptors (Lipinski definition) is 4. The van der Waals surface area contributed by atoms with Gasteiger partial charge in [-0.1, -0.05) is 0 Å². The van der Waals surface area contributed by atoms with Gasteiger partial charge in [0, 0.05) is 19.8 Å². The number of pyridine rings is 1. The van der Waals surface area contributed by atoms with Gasteiger partial charge in [-0.25, -0.2) is 9.78 Å². The lowest BCUT2D eigenvalue weighted by molar-refractivity contribution is -0.119. The Morgan fingerprint density at radius 2 is 2.22 bits per heavy atom. The van der Waals surface area contributed by atoms with Gasteiger partial charge in [-0.3, -0.25) is 4.79 Å². The minimum atomic E-state index is -1.05. The van der Waals surface area contributed by atoms with Crippen LogP contribution in [0.4, 0.5) is 11.5 Å². The summed E-state index contributed by atoms with van der Waals surface area (Å²) in [4.78, 5) is 30.5. The highest BCUT2D eigenvalue weighted by molar-refractivity contribution is 6.05. The molecule has 0 radical (unpaired) electrons. The Morgan fingerprint density at radius 3 is 2.78 bits per heavy atom. The van der Waals surface area contributed by atoms with Crippen molar-refractivity contribution in [3.05, 3.63) is 17.8 Å². The SMILES string of the molecule is CCN1c2ncc(C(=O)O)cc2N(C)C(=O)[C@@H]1C. The highest BCUT2D eigenvalue weighted by Gasteiger charge is 2.34. The molecular weight excluding hydrogens is 234 g/mol. The fourth-order valence-electron chi connectivity index (χ4n) is 2.17. The molecule has 0 saturated heterocycles. The Hall–Kier alpha value is -2.11. The van der Waals surface area contributed by atoms with E-state index < -0.39 is 5.97 Å². The van der Waals surface area contributed by atoms with Crippen molar-refractivity contribution < 1.29 is 14.7 Å². The molecule has 1 aromatic rings. The number of hydrogen-bond donors (Lipinski definition) is 1. The number of carboxylic acids is 1. The molecular formula is C12H15N3O3. The molecule has 0 unspecified atom stereocenters. The second kappa shape index (κ2) is 4.29. The number of carboxylic acid groups (broad SMARTS) is 1. The molecule has 0 spiro atoms. The van der Waals surface area contributed by atoms with Crippen LogP contribution in [0.25, 0.3) is 0 Å². The van der Waals surface area contributed by atoms with Crippen molar-refractivity contribution in [1.82, 2.24) is 4.98 Å². The third-order valence-corrected chi connectivity index (χ3v) is 3.22. The fourth-order valence-corrected chi connectivity index (χ4v) is 2.17. The number of carbonyl (C=O) groups is 2. The molecule has 0 bridgehead atoms. The minimum Gasteiger partial charge on any atom is -0.478 e. The monoisotopic (exact) mass is 249 g/mol. The molecule has 1 aliphatic heterocycles. The van der Waals surface area contributed by atoms with Crippen LogP contribution >= 0.6 is 0 Å². The van der Waals surface area contributed by atoms with E-state index in [1.807, 2.05) is 18.7 Å². The molecule has 96 valence electrons. The van der Waals surface area contributed by atoms with Gasteiger partial charge in [-0.2, -0.15) is 0 Å². The molecule has 1 amide bonds. The average molecular weight is 249 g/mol. The summed E-state index contributed by atoms with van der Waals surface area (Å²) in [7, 11) is 1.64. The highest BCUT2D eigenvalue weighted by Crippen LogP contribution is 2.33. The number of aromatic carboxylic acids is 1. The van der Waals surface area contributed by atoms with Crippen molar-refractivity contribution in [3.63, 3.8) is 0 Å². The summed E-state index contributed by atoms with van der Waals surface area (Å²) < 4.78 is 0. The van der Waals surface area contributed by atoms with Crippen LogP contribution in [-0.2, 0) is 4.79 Å². The van der Waals surface area contributed by atoms with Crippen molar-refractivity contribution in [3.8, 4) is 0 Å². The smallest absolute Gasteiger partial charge is 0.337 e. The van der Waals surface area contributed by atoms with E-state index >= 15 is 0 Å². The zero-order valence-corrected chi connectivity index (χ0v) is 10.5. The van der Waals surface area contributed by atoms with E-state index in [0.29, 0.717) is 18.1 Å². The normalized spacial score (nSPS) is 18.8. The molecule has 6 nitrogen and oxygen atoms in total. The quantitative estimate of drug-likeness (QED) is 0.845. The third-order valence-electron chi connectivity index (χ3n) is 3.22. The van der Waals surface area contributed by atoms with Crippen molar-refractivity contribution >= 4 is 23.4 Å². The van der Waals surface area contributed by atoms with E-state index in [-0.39, 0.29) is 17.5 Å². The Labute approximate surface area is 105 Å². The summed E-state index contributed by atoms with van der Waals surface area (Å²) in [6.07, 6.45) is 1.32. The van der Waals surface area contributed by atoms with Gasteiger partial charge in [0.1, 0.15) is 6.04 Å².